The van der Waals surface area contributed by atoms with Crippen molar-refractivity contribution in [2.45, 2.75) is 83.1 Å². The molecule has 206 valence electrons. The third-order valence-corrected chi connectivity index (χ3v) is 6.98. The second-order valence-corrected chi connectivity index (χ2v) is 11.1. The minimum absolute atomic E-state index is 0.0840. The zero-order valence-electron chi connectivity index (χ0n) is 22.2. The van der Waals surface area contributed by atoms with E-state index >= 15 is 0 Å². The Morgan fingerprint density at radius 2 is 1.92 bits per heavy atom. The number of carbonyl (C=O) groups is 3. The Bertz CT molecular complexity index is 1100. The molecule has 0 spiro atoms. The molecule has 0 saturated carbocycles. The maximum atomic E-state index is 13.5. The van der Waals surface area contributed by atoms with E-state index in [0.717, 1.165) is 25.7 Å². The Morgan fingerprint density at radius 1 is 1.18 bits per heavy atom. The summed E-state index contributed by atoms with van der Waals surface area (Å²) in [5, 5.41) is 13.5. The highest BCUT2D eigenvalue weighted by molar-refractivity contribution is 5.95. The Labute approximate surface area is 222 Å². The van der Waals surface area contributed by atoms with E-state index in [-0.39, 0.29) is 30.6 Å². The highest BCUT2D eigenvalue weighted by Crippen LogP contribution is 2.30. The number of ether oxygens (including phenoxy) is 2. The minimum Gasteiger partial charge on any atom is -0.444 e. The van der Waals surface area contributed by atoms with Crippen molar-refractivity contribution < 1.29 is 28.8 Å². The number of fused-ring (bicyclic) bond motifs is 1. The Balaban J connectivity index is 1.45. The van der Waals surface area contributed by atoms with Crippen LogP contribution in [0.25, 0.3) is 0 Å². The number of nitro benzene ring substituents is 1. The van der Waals surface area contributed by atoms with Crippen LogP contribution in [-0.2, 0) is 19.1 Å². The van der Waals surface area contributed by atoms with Crippen molar-refractivity contribution in [2.24, 2.45) is 0 Å². The van der Waals surface area contributed by atoms with Gasteiger partial charge in [-0.15, -0.1) is 0 Å². The van der Waals surface area contributed by atoms with Crippen molar-refractivity contribution >= 4 is 29.3 Å². The molecule has 0 radical (unpaired) electrons. The normalized spacial score (nSPS) is 23.5. The largest absolute Gasteiger partial charge is 0.444 e. The molecule has 11 heteroatoms. The van der Waals surface area contributed by atoms with E-state index in [2.05, 4.69) is 11.4 Å². The third kappa shape index (κ3) is 6.89. The molecule has 0 aromatic heterocycles. The smallest absolute Gasteiger partial charge is 0.410 e. The highest BCUT2D eigenvalue weighted by atomic mass is 16.6. The molecule has 1 aliphatic carbocycles. The van der Waals surface area contributed by atoms with Crippen molar-refractivity contribution in [2.75, 3.05) is 25.0 Å². The Hall–Kier alpha value is -3.47. The SMILES string of the molecule is CC(C)(C)OC(=O)N1CC2OC(CC(=O)Nc3ccc([N+](=O)[O-])cc3)C(=O)N(CCC3=CCCCC3)C2C1. The van der Waals surface area contributed by atoms with Gasteiger partial charge in [-0.2, -0.15) is 0 Å². The van der Waals surface area contributed by atoms with Gasteiger partial charge in [0.25, 0.3) is 11.6 Å². The van der Waals surface area contributed by atoms with E-state index < -0.39 is 34.7 Å². The van der Waals surface area contributed by atoms with Crippen molar-refractivity contribution in [1.29, 1.82) is 0 Å². The average Bonchev–Trinajstić information content (AvgIpc) is 3.28. The van der Waals surface area contributed by atoms with Gasteiger partial charge in [-0.05, 0) is 65.0 Å². The van der Waals surface area contributed by atoms with Gasteiger partial charge in [0, 0.05) is 30.9 Å². The van der Waals surface area contributed by atoms with Crippen molar-refractivity contribution in [3.8, 4) is 0 Å². The topological polar surface area (TPSA) is 131 Å². The maximum absolute atomic E-state index is 13.5. The first-order valence-corrected chi connectivity index (χ1v) is 13.2. The second-order valence-electron chi connectivity index (χ2n) is 11.1. The highest BCUT2D eigenvalue weighted by Gasteiger charge is 2.49. The van der Waals surface area contributed by atoms with Crippen LogP contribution in [0, 0.1) is 10.1 Å². The van der Waals surface area contributed by atoms with Gasteiger partial charge < -0.3 is 24.6 Å². The van der Waals surface area contributed by atoms with Gasteiger partial charge in [0.05, 0.1) is 30.0 Å². The summed E-state index contributed by atoms with van der Waals surface area (Å²) in [4.78, 5) is 52.8. The van der Waals surface area contributed by atoms with Crippen LogP contribution in [-0.4, -0.2) is 76.1 Å². The molecule has 2 saturated heterocycles. The molecule has 3 amide bonds. The number of carbonyl (C=O) groups excluding carboxylic acids is 3. The van der Waals surface area contributed by atoms with Crippen molar-refractivity contribution in [3.63, 3.8) is 0 Å². The number of benzene rings is 1. The van der Waals surface area contributed by atoms with Crippen LogP contribution in [0.1, 0.15) is 59.3 Å². The molecule has 1 aromatic rings. The molecule has 3 atom stereocenters. The van der Waals surface area contributed by atoms with Crippen LogP contribution in [0.3, 0.4) is 0 Å². The number of allylic oxidation sites excluding steroid dienone is 1. The Morgan fingerprint density at radius 3 is 2.55 bits per heavy atom. The number of rotatable bonds is 7. The first-order chi connectivity index (χ1) is 18.0. The molecule has 2 fully saturated rings. The molecule has 4 rings (SSSR count). The summed E-state index contributed by atoms with van der Waals surface area (Å²) in [6.07, 6.45) is 5.33. The van der Waals surface area contributed by atoms with Gasteiger partial charge in [-0.25, -0.2) is 4.79 Å². The van der Waals surface area contributed by atoms with E-state index in [4.69, 9.17) is 9.47 Å². The summed E-state index contributed by atoms with van der Waals surface area (Å²) in [7, 11) is 0. The molecule has 2 heterocycles. The lowest BCUT2D eigenvalue weighted by Crippen LogP contribution is -2.58. The number of non-ortho nitro benzene ring substituents is 1. The summed E-state index contributed by atoms with van der Waals surface area (Å²) < 4.78 is 11.6. The number of amides is 3. The number of nitro groups is 1. The predicted molar refractivity (Wildman–Crippen MR) is 139 cm³/mol. The number of morpholine rings is 1. The summed E-state index contributed by atoms with van der Waals surface area (Å²) in [5.74, 6) is -0.708. The van der Waals surface area contributed by atoms with Crippen LogP contribution >= 0.6 is 0 Å². The number of likely N-dealkylation sites (tertiary alicyclic amines) is 1. The summed E-state index contributed by atoms with van der Waals surface area (Å²) in [5.41, 5.74) is 0.994. The molecule has 1 N–H and O–H groups in total. The lowest BCUT2D eigenvalue weighted by molar-refractivity contribution is -0.384. The first-order valence-electron chi connectivity index (χ1n) is 13.2. The van der Waals surface area contributed by atoms with E-state index in [1.807, 2.05) is 0 Å². The fourth-order valence-electron chi connectivity index (χ4n) is 5.14. The number of hydrogen-bond donors (Lipinski definition) is 1. The lowest BCUT2D eigenvalue weighted by Gasteiger charge is -2.40. The molecule has 1 aromatic carbocycles. The standard InChI is InChI=1S/C27H36N4O7/c1-27(2,3)38-26(34)29-16-21-23(17-29)37-22(25(33)30(21)14-13-18-7-5-4-6-8-18)15-24(32)28-19-9-11-20(12-10-19)31(35)36/h7,9-12,21-23H,4-6,8,13-17H2,1-3H3,(H,28,32). The molecule has 11 nitrogen and oxygen atoms in total. The van der Waals surface area contributed by atoms with Crippen LogP contribution in [0.15, 0.2) is 35.9 Å². The maximum Gasteiger partial charge on any atom is 0.410 e. The second kappa shape index (κ2) is 11.5. The van der Waals surface area contributed by atoms with Gasteiger partial charge in [-0.1, -0.05) is 11.6 Å². The molecule has 0 bridgehead atoms. The molecule has 38 heavy (non-hydrogen) atoms. The van der Waals surface area contributed by atoms with Crippen LogP contribution in [0.5, 0.6) is 0 Å². The predicted octanol–water partition coefficient (Wildman–Crippen LogP) is 4.03. The fourth-order valence-corrected chi connectivity index (χ4v) is 5.14. The van der Waals surface area contributed by atoms with Gasteiger partial charge >= 0.3 is 6.09 Å². The molecule has 3 aliphatic rings. The third-order valence-electron chi connectivity index (χ3n) is 6.98. The number of anilines is 1. The van der Waals surface area contributed by atoms with E-state index in [1.54, 1.807) is 30.6 Å². The number of hydrogen-bond acceptors (Lipinski definition) is 7. The molecular formula is C27H36N4O7. The van der Waals surface area contributed by atoms with Gasteiger partial charge in [-0.3, -0.25) is 19.7 Å². The summed E-state index contributed by atoms with van der Waals surface area (Å²) in [6, 6.07) is 5.17. The zero-order chi connectivity index (χ0) is 27.4. The number of nitrogens with zero attached hydrogens (tertiary/aromatic N) is 3. The minimum atomic E-state index is -0.992. The number of nitrogens with one attached hydrogen (secondary N) is 1. The van der Waals surface area contributed by atoms with Crippen molar-refractivity contribution in [1.82, 2.24) is 9.80 Å². The summed E-state index contributed by atoms with van der Waals surface area (Å²) in [6.45, 7) is 6.49. The van der Waals surface area contributed by atoms with Crippen LogP contribution in [0.4, 0.5) is 16.2 Å². The molecular weight excluding hydrogens is 492 g/mol. The Kier molecular flexibility index (Phi) is 8.35. The van der Waals surface area contributed by atoms with Crippen molar-refractivity contribution in [3.05, 3.63) is 46.0 Å². The van der Waals surface area contributed by atoms with E-state index in [0.29, 0.717) is 18.8 Å². The van der Waals surface area contributed by atoms with Gasteiger partial charge in [0.2, 0.25) is 5.91 Å². The first kappa shape index (κ1) is 27.6. The van der Waals surface area contributed by atoms with Gasteiger partial charge in [0.1, 0.15) is 11.7 Å². The monoisotopic (exact) mass is 528 g/mol. The van der Waals surface area contributed by atoms with Gasteiger partial charge in [0.15, 0.2) is 0 Å². The fraction of sp³-hybridized carbons (Fsp3) is 0.593. The molecule has 2 aliphatic heterocycles. The zero-order valence-corrected chi connectivity index (χ0v) is 22.2. The lowest BCUT2D eigenvalue weighted by atomic mass is 9.96. The van der Waals surface area contributed by atoms with E-state index in [9.17, 15) is 24.5 Å². The molecule has 3 unspecified atom stereocenters. The average molecular weight is 529 g/mol. The van der Waals surface area contributed by atoms with E-state index in [1.165, 1.54) is 36.3 Å². The summed E-state index contributed by atoms with van der Waals surface area (Å²) >= 11 is 0. The quantitative estimate of drug-likeness (QED) is 0.321. The van der Waals surface area contributed by atoms with Crippen LogP contribution < -0.4 is 5.32 Å². The van der Waals surface area contributed by atoms with Crippen LogP contribution in [0.2, 0.25) is 0 Å².